The highest BCUT2D eigenvalue weighted by Crippen LogP contribution is 2.23. The molecule has 2 aromatic carbocycles. The van der Waals surface area contributed by atoms with Crippen LogP contribution in [0.4, 0.5) is 0 Å². The molecule has 0 bridgehead atoms. The summed E-state index contributed by atoms with van der Waals surface area (Å²) in [5, 5.41) is 12.6. The molecule has 3 rings (SSSR count). The lowest BCUT2D eigenvalue weighted by molar-refractivity contribution is 0.0886. The molecule has 2 aromatic rings. The maximum absolute atomic E-state index is 12.7. The number of amides is 1. The Balaban J connectivity index is 1.70. The van der Waals surface area contributed by atoms with Gasteiger partial charge in [-0.25, -0.2) is 0 Å². The minimum Gasteiger partial charge on any atom is -0.508 e. The number of carbonyl (C=O) groups is 1. The summed E-state index contributed by atoms with van der Waals surface area (Å²) in [6.45, 7) is 6.43. The standard InChI is InChI=1S/C21H26N2O2/c1-15(2)23-12-4-7-19(14-23)22-21(25)18-6-3-5-17(13-18)16-8-10-20(24)11-9-16/h3,5-6,8-11,13,15,19,24H,4,7,12,14H2,1-2H3,(H,22,25)/t19-/m1/s1. The Kier molecular flexibility index (Phi) is 5.39. The molecule has 1 atom stereocenters. The number of aromatic hydroxyl groups is 1. The molecule has 4 nitrogen and oxygen atoms in total. The Morgan fingerprint density at radius 3 is 2.64 bits per heavy atom. The van der Waals surface area contributed by atoms with Gasteiger partial charge < -0.3 is 10.4 Å². The second kappa shape index (κ2) is 7.70. The molecule has 4 heteroatoms. The van der Waals surface area contributed by atoms with Crippen LogP contribution in [0.25, 0.3) is 11.1 Å². The van der Waals surface area contributed by atoms with E-state index in [1.54, 1.807) is 12.1 Å². The SMILES string of the molecule is CC(C)N1CCC[C@@H](NC(=O)c2cccc(-c3ccc(O)cc3)c2)C1. The molecule has 1 saturated heterocycles. The number of nitrogens with one attached hydrogen (secondary N) is 1. The Morgan fingerprint density at radius 1 is 1.16 bits per heavy atom. The van der Waals surface area contributed by atoms with Crippen LogP contribution in [0, 0.1) is 0 Å². The molecule has 0 aliphatic carbocycles. The van der Waals surface area contributed by atoms with Crippen molar-refractivity contribution < 1.29 is 9.90 Å². The van der Waals surface area contributed by atoms with E-state index in [0.717, 1.165) is 37.1 Å². The molecule has 0 aromatic heterocycles. The minimum absolute atomic E-state index is 0.0174. The Bertz CT molecular complexity index is 725. The zero-order chi connectivity index (χ0) is 17.8. The molecule has 2 N–H and O–H groups in total. The maximum atomic E-state index is 12.7. The van der Waals surface area contributed by atoms with Gasteiger partial charge in [0.2, 0.25) is 0 Å². The van der Waals surface area contributed by atoms with Crippen molar-refractivity contribution in [3.8, 4) is 16.9 Å². The van der Waals surface area contributed by atoms with Gasteiger partial charge in [-0.2, -0.15) is 0 Å². The number of nitrogens with zero attached hydrogens (tertiary/aromatic N) is 1. The number of phenolic OH excluding ortho intramolecular Hbond substituents is 1. The van der Waals surface area contributed by atoms with Gasteiger partial charge in [-0.05, 0) is 68.6 Å². The summed E-state index contributed by atoms with van der Waals surface area (Å²) in [7, 11) is 0. The van der Waals surface area contributed by atoms with E-state index >= 15 is 0 Å². The van der Waals surface area contributed by atoms with E-state index in [4.69, 9.17) is 0 Å². The van der Waals surface area contributed by atoms with Gasteiger partial charge in [-0.3, -0.25) is 9.69 Å². The fraction of sp³-hybridized carbons (Fsp3) is 0.381. The molecule has 1 aliphatic heterocycles. The van der Waals surface area contributed by atoms with E-state index in [0.29, 0.717) is 11.6 Å². The van der Waals surface area contributed by atoms with Crippen molar-refractivity contribution in [3.63, 3.8) is 0 Å². The molecule has 0 radical (unpaired) electrons. The Labute approximate surface area is 149 Å². The van der Waals surface area contributed by atoms with Crippen LogP contribution in [-0.4, -0.2) is 41.1 Å². The van der Waals surface area contributed by atoms with Crippen LogP contribution >= 0.6 is 0 Å². The maximum Gasteiger partial charge on any atom is 0.251 e. The lowest BCUT2D eigenvalue weighted by Crippen LogP contribution is -2.49. The Morgan fingerprint density at radius 2 is 1.92 bits per heavy atom. The molecular formula is C21H26N2O2. The third kappa shape index (κ3) is 4.40. The zero-order valence-electron chi connectivity index (χ0n) is 14.9. The second-order valence-electron chi connectivity index (χ2n) is 7.03. The smallest absolute Gasteiger partial charge is 0.251 e. The quantitative estimate of drug-likeness (QED) is 0.894. The lowest BCUT2D eigenvalue weighted by Gasteiger charge is -2.35. The van der Waals surface area contributed by atoms with Gasteiger partial charge in [0.25, 0.3) is 5.91 Å². The minimum atomic E-state index is -0.0174. The summed E-state index contributed by atoms with van der Waals surface area (Å²) in [4.78, 5) is 15.1. The number of hydrogen-bond donors (Lipinski definition) is 2. The van der Waals surface area contributed by atoms with Gasteiger partial charge in [0, 0.05) is 24.2 Å². The van der Waals surface area contributed by atoms with Crippen LogP contribution in [0.2, 0.25) is 0 Å². The van der Waals surface area contributed by atoms with Gasteiger partial charge in [0.1, 0.15) is 5.75 Å². The number of piperidine rings is 1. The van der Waals surface area contributed by atoms with Crippen molar-refractivity contribution in [2.24, 2.45) is 0 Å². The van der Waals surface area contributed by atoms with Crippen LogP contribution in [0.15, 0.2) is 48.5 Å². The van der Waals surface area contributed by atoms with Gasteiger partial charge in [-0.15, -0.1) is 0 Å². The fourth-order valence-corrected chi connectivity index (χ4v) is 3.36. The van der Waals surface area contributed by atoms with Crippen molar-refractivity contribution in [2.45, 2.75) is 38.8 Å². The Hall–Kier alpha value is -2.33. The fourth-order valence-electron chi connectivity index (χ4n) is 3.36. The van der Waals surface area contributed by atoms with Crippen molar-refractivity contribution >= 4 is 5.91 Å². The molecule has 1 amide bonds. The normalized spacial score (nSPS) is 18.3. The first kappa shape index (κ1) is 17.5. The van der Waals surface area contributed by atoms with E-state index in [9.17, 15) is 9.90 Å². The zero-order valence-corrected chi connectivity index (χ0v) is 14.9. The molecule has 0 saturated carbocycles. The number of carbonyl (C=O) groups excluding carboxylic acids is 1. The topological polar surface area (TPSA) is 52.6 Å². The van der Waals surface area contributed by atoms with E-state index in [2.05, 4.69) is 24.1 Å². The summed E-state index contributed by atoms with van der Waals surface area (Å²) >= 11 is 0. The lowest BCUT2D eigenvalue weighted by atomic mass is 10.0. The first-order valence-corrected chi connectivity index (χ1v) is 8.97. The van der Waals surface area contributed by atoms with Gasteiger partial charge in [-0.1, -0.05) is 24.3 Å². The first-order valence-electron chi connectivity index (χ1n) is 8.97. The molecule has 1 heterocycles. The molecule has 25 heavy (non-hydrogen) atoms. The first-order chi connectivity index (χ1) is 12.0. The third-order valence-corrected chi connectivity index (χ3v) is 4.84. The number of hydrogen-bond acceptors (Lipinski definition) is 3. The molecular weight excluding hydrogens is 312 g/mol. The molecule has 0 unspecified atom stereocenters. The highest BCUT2D eigenvalue weighted by atomic mass is 16.3. The van der Waals surface area contributed by atoms with Crippen LogP contribution in [0.1, 0.15) is 37.0 Å². The number of likely N-dealkylation sites (tertiary alicyclic amines) is 1. The summed E-state index contributed by atoms with van der Waals surface area (Å²) in [6.07, 6.45) is 2.16. The summed E-state index contributed by atoms with van der Waals surface area (Å²) < 4.78 is 0. The second-order valence-corrected chi connectivity index (χ2v) is 7.03. The molecule has 132 valence electrons. The van der Waals surface area contributed by atoms with E-state index in [1.807, 2.05) is 36.4 Å². The number of benzene rings is 2. The van der Waals surface area contributed by atoms with Crippen molar-refractivity contribution in [3.05, 3.63) is 54.1 Å². The number of rotatable bonds is 4. The highest BCUT2D eigenvalue weighted by Gasteiger charge is 2.23. The molecule has 1 fully saturated rings. The van der Waals surface area contributed by atoms with Crippen LogP contribution in [-0.2, 0) is 0 Å². The van der Waals surface area contributed by atoms with Crippen molar-refractivity contribution in [1.29, 1.82) is 0 Å². The van der Waals surface area contributed by atoms with Gasteiger partial charge in [0.15, 0.2) is 0 Å². The highest BCUT2D eigenvalue weighted by molar-refractivity contribution is 5.95. The molecule has 0 spiro atoms. The number of phenols is 1. The van der Waals surface area contributed by atoms with E-state index < -0.39 is 0 Å². The summed E-state index contributed by atoms with van der Waals surface area (Å²) in [5.74, 6) is 0.223. The third-order valence-electron chi connectivity index (χ3n) is 4.84. The van der Waals surface area contributed by atoms with Crippen LogP contribution in [0.3, 0.4) is 0 Å². The predicted octanol–water partition coefficient (Wildman–Crippen LogP) is 3.66. The van der Waals surface area contributed by atoms with Crippen LogP contribution in [0.5, 0.6) is 5.75 Å². The van der Waals surface area contributed by atoms with Crippen molar-refractivity contribution in [2.75, 3.05) is 13.1 Å². The van der Waals surface area contributed by atoms with Crippen molar-refractivity contribution in [1.82, 2.24) is 10.2 Å². The largest absolute Gasteiger partial charge is 0.508 e. The van der Waals surface area contributed by atoms with Crippen LogP contribution < -0.4 is 5.32 Å². The summed E-state index contributed by atoms with van der Waals surface area (Å²) in [6, 6.07) is 15.4. The van der Waals surface area contributed by atoms with E-state index in [1.165, 1.54) is 0 Å². The average molecular weight is 338 g/mol. The van der Waals surface area contributed by atoms with E-state index in [-0.39, 0.29) is 17.7 Å². The monoisotopic (exact) mass is 338 g/mol. The van der Waals surface area contributed by atoms with Gasteiger partial charge in [0.05, 0.1) is 0 Å². The molecule has 1 aliphatic rings. The predicted molar refractivity (Wildman–Crippen MR) is 101 cm³/mol. The van der Waals surface area contributed by atoms with Gasteiger partial charge >= 0.3 is 0 Å². The average Bonchev–Trinajstić information content (AvgIpc) is 2.62. The summed E-state index contributed by atoms with van der Waals surface area (Å²) in [5.41, 5.74) is 2.63.